The summed E-state index contributed by atoms with van der Waals surface area (Å²) in [5.41, 5.74) is 3.59. The lowest BCUT2D eigenvalue weighted by molar-refractivity contribution is -0.114. The van der Waals surface area contributed by atoms with Crippen LogP contribution in [-0.2, 0) is 11.3 Å². The molecule has 0 bridgehead atoms. The fourth-order valence-electron chi connectivity index (χ4n) is 1.66. The summed E-state index contributed by atoms with van der Waals surface area (Å²) >= 11 is 0. The number of hydrogen-bond acceptors (Lipinski definition) is 2. The number of hydrogen-bond donors (Lipinski definition) is 1. The molecule has 1 N–H and O–H groups in total. The zero-order valence-corrected chi connectivity index (χ0v) is 8.92. The summed E-state index contributed by atoms with van der Waals surface area (Å²) in [7, 11) is 0. The zero-order valence-electron chi connectivity index (χ0n) is 8.92. The molecule has 2 rings (SSSR count). The van der Waals surface area contributed by atoms with E-state index in [1.807, 2.05) is 0 Å². The van der Waals surface area contributed by atoms with E-state index in [2.05, 4.69) is 36.5 Å². The average molecular weight is 201 g/mol. The molecular formula is C13H15NO. The van der Waals surface area contributed by atoms with Gasteiger partial charge in [0, 0.05) is 24.7 Å². The van der Waals surface area contributed by atoms with Gasteiger partial charge >= 0.3 is 0 Å². The highest BCUT2D eigenvalue weighted by Gasteiger charge is 2.10. The monoisotopic (exact) mass is 201 g/mol. The van der Waals surface area contributed by atoms with E-state index in [9.17, 15) is 4.79 Å². The van der Waals surface area contributed by atoms with Crippen LogP contribution in [0.3, 0.4) is 0 Å². The molecule has 1 aromatic carbocycles. The number of aryl methyl sites for hydroxylation is 1. The van der Waals surface area contributed by atoms with Crippen molar-refractivity contribution in [1.82, 2.24) is 5.32 Å². The van der Waals surface area contributed by atoms with E-state index in [1.165, 1.54) is 11.1 Å². The first-order valence-corrected chi connectivity index (χ1v) is 5.27. The summed E-state index contributed by atoms with van der Waals surface area (Å²) in [6.07, 6.45) is 3.25. The van der Waals surface area contributed by atoms with Crippen LogP contribution in [-0.4, -0.2) is 5.78 Å². The van der Waals surface area contributed by atoms with Crippen molar-refractivity contribution in [2.24, 2.45) is 0 Å². The van der Waals surface area contributed by atoms with E-state index in [0.29, 0.717) is 6.42 Å². The number of rotatable bonds is 3. The molecule has 0 saturated heterocycles. The van der Waals surface area contributed by atoms with Crippen LogP contribution in [0.15, 0.2) is 36.0 Å². The van der Waals surface area contributed by atoms with Gasteiger partial charge in [-0.15, -0.1) is 0 Å². The standard InChI is InChI=1S/C13H15NO/c1-10-2-4-11(5-3-10)9-14-12-6-7-13(15)8-12/h2-5,8,14H,6-7,9H2,1H3. The molecule has 0 aromatic heterocycles. The highest BCUT2D eigenvalue weighted by molar-refractivity contribution is 5.92. The minimum Gasteiger partial charge on any atom is -0.384 e. The van der Waals surface area contributed by atoms with Crippen LogP contribution in [0.25, 0.3) is 0 Å². The van der Waals surface area contributed by atoms with Gasteiger partial charge < -0.3 is 5.32 Å². The number of nitrogens with one attached hydrogen (secondary N) is 1. The van der Waals surface area contributed by atoms with E-state index in [0.717, 1.165) is 18.7 Å². The molecule has 1 aromatic rings. The average Bonchev–Trinajstić information content (AvgIpc) is 2.64. The molecule has 0 heterocycles. The maximum absolute atomic E-state index is 11.0. The molecule has 0 fully saturated rings. The molecule has 0 atom stereocenters. The van der Waals surface area contributed by atoms with Gasteiger partial charge in [-0.2, -0.15) is 0 Å². The zero-order chi connectivity index (χ0) is 10.7. The Bertz CT molecular complexity index is 390. The molecular weight excluding hydrogens is 186 g/mol. The van der Waals surface area contributed by atoms with Crippen molar-refractivity contribution >= 4 is 5.78 Å². The van der Waals surface area contributed by atoms with Crippen molar-refractivity contribution in [1.29, 1.82) is 0 Å². The van der Waals surface area contributed by atoms with Gasteiger partial charge in [0.1, 0.15) is 0 Å². The summed E-state index contributed by atoms with van der Waals surface area (Å²) in [6, 6.07) is 8.43. The fraction of sp³-hybridized carbons (Fsp3) is 0.308. The Morgan fingerprint density at radius 2 is 1.93 bits per heavy atom. The number of ketones is 1. The van der Waals surface area contributed by atoms with Crippen LogP contribution in [0.2, 0.25) is 0 Å². The third-order valence-electron chi connectivity index (χ3n) is 2.62. The van der Waals surface area contributed by atoms with E-state index in [4.69, 9.17) is 0 Å². The van der Waals surface area contributed by atoms with Crippen molar-refractivity contribution in [3.63, 3.8) is 0 Å². The molecule has 15 heavy (non-hydrogen) atoms. The molecule has 0 aliphatic heterocycles. The van der Waals surface area contributed by atoms with E-state index in [-0.39, 0.29) is 5.78 Å². The van der Waals surface area contributed by atoms with Gasteiger partial charge in [0.2, 0.25) is 0 Å². The Labute approximate surface area is 90.0 Å². The molecule has 1 aliphatic carbocycles. The number of benzene rings is 1. The Kier molecular flexibility index (Phi) is 2.86. The summed E-state index contributed by atoms with van der Waals surface area (Å²) in [5.74, 6) is 0.237. The Morgan fingerprint density at radius 3 is 2.53 bits per heavy atom. The Morgan fingerprint density at radius 1 is 1.20 bits per heavy atom. The second kappa shape index (κ2) is 4.30. The molecule has 0 saturated carbocycles. The minimum absolute atomic E-state index is 0.237. The van der Waals surface area contributed by atoms with Gasteiger partial charge in [-0.3, -0.25) is 4.79 Å². The van der Waals surface area contributed by atoms with Crippen LogP contribution in [0.1, 0.15) is 24.0 Å². The summed E-state index contributed by atoms with van der Waals surface area (Å²) < 4.78 is 0. The molecule has 0 radical (unpaired) electrons. The topological polar surface area (TPSA) is 29.1 Å². The molecule has 0 spiro atoms. The summed E-state index contributed by atoms with van der Waals surface area (Å²) in [5, 5.41) is 3.29. The second-order valence-electron chi connectivity index (χ2n) is 3.98. The molecule has 78 valence electrons. The normalized spacial score (nSPS) is 15.3. The van der Waals surface area contributed by atoms with Crippen LogP contribution < -0.4 is 5.32 Å². The first-order chi connectivity index (χ1) is 7.24. The van der Waals surface area contributed by atoms with Gasteiger partial charge in [-0.1, -0.05) is 29.8 Å². The van der Waals surface area contributed by atoms with Crippen LogP contribution in [0, 0.1) is 6.92 Å². The van der Waals surface area contributed by atoms with Crippen molar-refractivity contribution in [2.75, 3.05) is 0 Å². The van der Waals surface area contributed by atoms with Crippen molar-refractivity contribution in [3.05, 3.63) is 47.2 Å². The van der Waals surface area contributed by atoms with Crippen molar-refractivity contribution in [3.8, 4) is 0 Å². The van der Waals surface area contributed by atoms with E-state index in [1.54, 1.807) is 6.08 Å². The third-order valence-corrected chi connectivity index (χ3v) is 2.62. The quantitative estimate of drug-likeness (QED) is 0.813. The highest BCUT2D eigenvalue weighted by Crippen LogP contribution is 2.12. The van der Waals surface area contributed by atoms with Gasteiger partial charge in [-0.25, -0.2) is 0 Å². The number of carbonyl (C=O) groups excluding carboxylic acids is 1. The smallest absolute Gasteiger partial charge is 0.157 e. The largest absolute Gasteiger partial charge is 0.384 e. The Balaban J connectivity index is 1.91. The van der Waals surface area contributed by atoms with E-state index >= 15 is 0 Å². The van der Waals surface area contributed by atoms with E-state index < -0.39 is 0 Å². The summed E-state index contributed by atoms with van der Waals surface area (Å²) in [6.45, 7) is 2.88. The van der Waals surface area contributed by atoms with Crippen LogP contribution in [0.5, 0.6) is 0 Å². The SMILES string of the molecule is Cc1ccc(CNC2=CC(=O)CC2)cc1. The first-order valence-electron chi connectivity index (χ1n) is 5.27. The minimum atomic E-state index is 0.237. The third kappa shape index (κ3) is 2.69. The highest BCUT2D eigenvalue weighted by atomic mass is 16.1. The van der Waals surface area contributed by atoms with Crippen molar-refractivity contribution in [2.45, 2.75) is 26.3 Å². The Hall–Kier alpha value is -1.57. The second-order valence-corrected chi connectivity index (χ2v) is 3.98. The van der Waals surface area contributed by atoms with Crippen LogP contribution in [0.4, 0.5) is 0 Å². The lowest BCUT2D eigenvalue weighted by Gasteiger charge is -2.06. The predicted octanol–water partition coefficient (Wildman–Crippen LogP) is 2.33. The lowest BCUT2D eigenvalue weighted by atomic mass is 10.1. The first kappa shape index (κ1) is 9.97. The molecule has 0 amide bonds. The van der Waals surface area contributed by atoms with Gasteiger partial charge in [-0.05, 0) is 18.9 Å². The molecule has 1 aliphatic rings. The molecule has 2 nitrogen and oxygen atoms in total. The van der Waals surface area contributed by atoms with Gasteiger partial charge in [0.25, 0.3) is 0 Å². The van der Waals surface area contributed by atoms with Crippen molar-refractivity contribution < 1.29 is 4.79 Å². The predicted molar refractivity (Wildman–Crippen MR) is 60.3 cm³/mol. The maximum Gasteiger partial charge on any atom is 0.157 e. The number of allylic oxidation sites excluding steroid dienone is 2. The van der Waals surface area contributed by atoms with Gasteiger partial charge in [0.05, 0.1) is 0 Å². The molecule has 2 heteroatoms. The lowest BCUT2D eigenvalue weighted by Crippen LogP contribution is -2.10. The number of carbonyl (C=O) groups is 1. The molecule has 0 unspecified atom stereocenters. The van der Waals surface area contributed by atoms with Gasteiger partial charge in [0.15, 0.2) is 5.78 Å². The maximum atomic E-state index is 11.0. The summed E-state index contributed by atoms with van der Waals surface area (Å²) in [4.78, 5) is 11.0. The van der Waals surface area contributed by atoms with Crippen LogP contribution >= 0.6 is 0 Å². The fourth-order valence-corrected chi connectivity index (χ4v) is 1.66.